The van der Waals surface area contributed by atoms with Crippen LogP contribution in [-0.2, 0) is 22.7 Å². The van der Waals surface area contributed by atoms with E-state index in [1.807, 2.05) is 42.6 Å². The number of aliphatic hydroxyl groups is 1. The summed E-state index contributed by atoms with van der Waals surface area (Å²) in [6.07, 6.45) is 3.29. The van der Waals surface area contributed by atoms with Crippen LogP contribution in [0.3, 0.4) is 0 Å². The SMILES string of the molecule is Cc1cccc(COc2ccc(C(O)=C3C(=O)C(=O)N(Cc4ccncc4)[C@@H]3c3cccs3)cc2)c1. The number of ketones is 1. The van der Waals surface area contributed by atoms with Gasteiger partial charge in [0.05, 0.1) is 11.6 Å². The lowest BCUT2D eigenvalue weighted by Crippen LogP contribution is -2.28. The molecule has 0 bridgehead atoms. The second-order valence-corrected chi connectivity index (χ2v) is 9.58. The molecule has 2 aromatic heterocycles. The van der Waals surface area contributed by atoms with Crippen LogP contribution < -0.4 is 4.74 Å². The van der Waals surface area contributed by atoms with Crippen LogP contribution in [0.2, 0.25) is 0 Å². The molecule has 1 amide bonds. The number of aryl methyl sites for hydroxylation is 1. The molecule has 0 aliphatic carbocycles. The van der Waals surface area contributed by atoms with Crippen molar-refractivity contribution in [2.75, 3.05) is 0 Å². The highest BCUT2D eigenvalue weighted by atomic mass is 32.1. The Hall–Kier alpha value is -4.23. The predicted molar refractivity (Wildman–Crippen MR) is 138 cm³/mol. The van der Waals surface area contributed by atoms with E-state index < -0.39 is 17.7 Å². The fraction of sp³-hybridized carbons (Fsp3) is 0.138. The van der Waals surface area contributed by atoms with Crippen LogP contribution in [0.4, 0.5) is 0 Å². The van der Waals surface area contributed by atoms with Crippen LogP contribution >= 0.6 is 11.3 Å². The first-order valence-corrected chi connectivity index (χ1v) is 12.4. The topological polar surface area (TPSA) is 79.7 Å². The molecule has 7 heteroatoms. The number of amides is 1. The summed E-state index contributed by atoms with van der Waals surface area (Å²) in [6, 6.07) is 21.7. The number of pyridine rings is 1. The van der Waals surface area contributed by atoms with Crippen molar-refractivity contribution in [2.24, 2.45) is 0 Å². The summed E-state index contributed by atoms with van der Waals surface area (Å²) in [5, 5.41) is 13.1. The monoisotopic (exact) mass is 496 g/mol. The maximum atomic E-state index is 13.1. The number of aromatic nitrogens is 1. The van der Waals surface area contributed by atoms with Crippen molar-refractivity contribution in [1.82, 2.24) is 9.88 Å². The van der Waals surface area contributed by atoms with Gasteiger partial charge in [0.15, 0.2) is 0 Å². The Morgan fingerprint density at radius 1 is 1.00 bits per heavy atom. The first kappa shape index (κ1) is 23.5. The predicted octanol–water partition coefficient (Wildman–Crippen LogP) is 5.65. The molecule has 1 aliphatic rings. The molecule has 0 spiro atoms. The first-order chi connectivity index (χ1) is 17.5. The molecule has 3 heterocycles. The van der Waals surface area contributed by atoms with E-state index in [9.17, 15) is 14.7 Å². The molecule has 4 aromatic rings. The van der Waals surface area contributed by atoms with Crippen LogP contribution in [-0.4, -0.2) is 26.7 Å². The van der Waals surface area contributed by atoms with Gasteiger partial charge in [0, 0.05) is 29.4 Å². The van der Waals surface area contributed by atoms with Gasteiger partial charge in [-0.3, -0.25) is 14.6 Å². The van der Waals surface area contributed by atoms with E-state index in [1.54, 1.807) is 48.8 Å². The summed E-state index contributed by atoms with van der Waals surface area (Å²) < 4.78 is 5.88. The van der Waals surface area contributed by atoms with Crippen LogP contribution in [0.25, 0.3) is 5.76 Å². The number of Topliss-reactive ketones (excluding diaryl/α,β-unsaturated/α-hetero) is 1. The molecule has 36 heavy (non-hydrogen) atoms. The molecule has 0 unspecified atom stereocenters. The van der Waals surface area contributed by atoms with E-state index >= 15 is 0 Å². The van der Waals surface area contributed by atoms with Crippen molar-refractivity contribution >= 4 is 28.8 Å². The molecular weight excluding hydrogens is 472 g/mol. The summed E-state index contributed by atoms with van der Waals surface area (Å²) in [5.74, 6) is -0.889. The minimum Gasteiger partial charge on any atom is -0.507 e. The Morgan fingerprint density at radius 3 is 2.47 bits per heavy atom. The molecule has 0 saturated carbocycles. The summed E-state index contributed by atoms with van der Waals surface area (Å²) in [5.41, 5.74) is 3.61. The maximum Gasteiger partial charge on any atom is 0.295 e. The van der Waals surface area contributed by atoms with Gasteiger partial charge < -0.3 is 14.7 Å². The van der Waals surface area contributed by atoms with Crippen molar-refractivity contribution in [2.45, 2.75) is 26.1 Å². The summed E-state index contributed by atoms with van der Waals surface area (Å²) >= 11 is 1.44. The van der Waals surface area contributed by atoms with Crippen LogP contribution in [0.15, 0.2) is 96.1 Å². The second kappa shape index (κ2) is 10.2. The molecule has 5 rings (SSSR count). The van der Waals surface area contributed by atoms with E-state index in [4.69, 9.17) is 4.74 Å². The highest BCUT2D eigenvalue weighted by Crippen LogP contribution is 2.42. The van der Waals surface area contributed by atoms with Gasteiger partial charge in [-0.25, -0.2) is 0 Å². The number of hydrogen-bond acceptors (Lipinski definition) is 6. The summed E-state index contributed by atoms with van der Waals surface area (Å²) in [7, 11) is 0. The van der Waals surface area contributed by atoms with Crippen LogP contribution in [0, 0.1) is 6.92 Å². The standard InChI is InChI=1S/C29H24N2O4S/c1-19-4-2-5-21(16-19)18-35-23-9-7-22(8-10-23)27(32)25-26(24-6-3-15-36-24)31(29(34)28(25)33)17-20-11-13-30-14-12-20/h2-16,26,32H,17-18H2,1H3/t26-/m1/s1. The van der Waals surface area contributed by atoms with E-state index in [0.717, 1.165) is 21.6 Å². The van der Waals surface area contributed by atoms with Crippen molar-refractivity contribution < 1.29 is 19.4 Å². The van der Waals surface area contributed by atoms with Gasteiger partial charge in [-0.1, -0.05) is 35.9 Å². The third-order valence-electron chi connectivity index (χ3n) is 6.07. The van der Waals surface area contributed by atoms with Crippen molar-refractivity contribution in [1.29, 1.82) is 0 Å². The normalized spacial score (nSPS) is 16.9. The number of likely N-dealkylation sites (tertiary alicyclic amines) is 1. The molecule has 1 saturated heterocycles. The largest absolute Gasteiger partial charge is 0.507 e. The minimum atomic E-state index is -0.695. The number of nitrogens with zero attached hydrogens (tertiary/aromatic N) is 2. The van der Waals surface area contributed by atoms with Crippen molar-refractivity contribution in [3.05, 3.63) is 123 Å². The minimum absolute atomic E-state index is 0.0879. The van der Waals surface area contributed by atoms with Crippen LogP contribution in [0.1, 0.15) is 33.2 Å². The number of hydrogen-bond donors (Lipinski definition) is 1. The van der Waals surface area contributed by atoms with Gasteiger partial charge in [0.1, 0.15) is 18.1 Å². The van der Waals surface area contributed by atoms with Crippen molar-refractivity contribution in [3.8, 4) is 5.75 Å². The van der Waals surface area contributed by atoms with Gasteiger partial charge in [0.2, 0.25) is 0 Å². The second-order valence-electron chi connectivity index (χ2n) is 8.60. The molecule has 2 aromatic carbocycles. The van der Waals surface area contributed by atoms with E-state index in [0.29, 0.717) is 17.9 Å². The smallest absolute Gasteiger partial charge is 0.295 e. The number of benzene rings is 2. The lowest BCUT2D eigenvalue weighted by molar-refractivity contribution is -0.140. The third kappa shape index (κ3) is 4.78. The molecule has 1 N–H and O–H groups in total. The molecule has 1 aliphatic heterocycles. The zero-order valence-electron chi connectivity index (χ0n) is 19.6. The number of carbonyl (C=O) groups is 2. The molecule has 1 atom stereocenters. The summed E-state index contributed by atoms with van der Waals surface area (Å²) in [4.78, 5) is 32.5. The number of rotatable bonds is 7. The zero-order chi connectivity index (χ0) is 25.1. The summed E-state index contributed by atoms with van der Waals surface area (Å²) in [6.45, 7) is 2.69. The number of thiophene rings is 1. The average Bonchev–Trinajstić information content (AvgIpc) is 3.51. The fourth-order valence-corrected chi connectivity index (χ4v) is 5.15. The number of carbonyl (C=O) groups excluding carboxylic acids is 2. The van der Waals surface area contributed by atoms with E-state index in [1.165, 1.54) is 16.2 Å². The molecule has 6 nitrogen and oxygen atoms in total. The van der Waals surface area contributed by atoms with Crippen LogP contribution in [0.5, 0.6) is 5.75 Å². The van der Waals surface area contributed by atoms with Crippen molar-refractivity contribution in [3.63, 3.8) is 0 Å². The van der Waals surface area contributed by atoms with Gasteiger partial charge in [-0.05, 0) is 65.9 Å². The fourth-order valence-electron chi connectivity index (χ4n) is 4.30. The quantitative estimate of drug-likeness (QED) is 0.203. The van der Waals surface area contributed by atoms with Gasteiger partial charge in [0.25, 0.3) is 11.7 Å². The lowest BCUT2D eigenvalue weighted by Gasteiger charge is -2.24. The Morgan fingerprint density at radius 2 is 1.78 bits per heavy atom. The molecule has 0 radical (unpaired) electrons. The highest BCUT2D eigenvalue weighted by Gasteiger charge is 2.46. The molecule has 180 valence electrons. The Labute approximate surface area is 213 Å². The average molecular weight is 497 g/mol. The Bertz CT molecular complexity index is 1410. The maximum absolute atomic E-state index is 13.1. The van der Waals surface area contributed by atoms with Gasteiger partial charge in [-0.15, -0.1) is 11.3 Å². The first-order valence-electron chi connectivity index (χ1n) is 11.5. The van der Waals surface area contributed by atoms with E-state index in [-0.39, 0.29) is 17.9 Å². The molecular formula is C29H24N2O4S. The third-order valence-corrected chi connectivity index (χ3v) is 7.00. The Kier molecular flexibility index (Phi) is 6.64. The molecule has 1 fully saturated rings. The number of aliphatic hydroxyl groups excluding tert-OH is 1. The number of ether oxygens (including phenoxy) is 1. The zero-order valence-corrected chi connectivity index (χ0v) is 20.4. The van der Waals surface area contributed by atoms with E-state index in [2.05, 4.69) is 11.1 Å². The lowest BCUT2D eigenvalue weighted by atomic mass is 9.99. The van der Waals surface area contributed by atoms with Gasteiger partial charge >= 0.3 is 0 Å². The Balaban J connectivity index is 1.43. The highest BCUT2D eigenvalue weighted by molar-refractivity contribution is 7.10. The van der Waals surface area contributed by atoms with Gasteiger partial charge in [-0.2, -0.15) is 0 Å².